The molecule has 8 aromatic rings. The summed E-state index contributed by atoms with van der Waals surface area (Å²) in [5, 5.41) is 0. The first kappa shape index (κ1) is 29.1. The van der Waals surface area contributed by atoms with Crippen LogP contribution in [0.2, 0.25) is 0 Å². The van der Waals surface area contributed by atoms with Crippen molar-refractivity contribution in [3.8, 4) is 78.4 Å². The average Bonchev–Trinajstić information content (AvgIpc) is 3.19. The zero-order chi connectivity index (χ0) is 32.1. The van der Waals surface area contributed by atoms with Crippen molar-refractivity contribution in [1.29, 1.82) is 0 Å². The second-order valence-corrected chi connectivity index (χ2v) is 11.9. The number of aromatic nitrogens is 2. The third-order valence-electron chi connectivity index (χ3n) is 8.73. The van der Waals surface area contributed by atoms with Gasteiger partial charge in [0.25, 0.3) is 0 Å². The van der Waals surface area contributed by atoms with E-state index in [0.717, 1.165) is 44.8 Å². The molecule has 0 amide bonds. The van der Waals surface area contributed by atoms with Crippen LogP contribution < -0.4 is 0 Å². The quantitative estimate of drug-likeness (QED) is 0.179. The van der Waals surface area contributed by atoms with Gasteiger partial charge in [-0.3, -0.25) is 0 Å². The smallest absolute Gasteiger partial charge is 0.160 e. The summed E-state index contributed by atoms with van der Waals surface area (Å²) in [4.78, 5) is 10.3. The molecule has 0 aliphatic carbocycles. The Labute approximate surface area is 281 Å². The first-order valence-electron chi connectivity index (χ1n) is 16.2. The van der Waals surface area contributed by atoms with Crippen LogP contribution in [0.3, 0.4) is 0 Å². The van der Waals surface area contributed by atoms with Crippen LogP contribution in [-0.2, 0) is 0 Å². The molecule has 0 saturated carbocycles. The van der Waals surface area contributed by atoms with Crippen LogP contribution in [0.25, 0.3) is 78.4 Å². The van der Waals surface area contributed by atoms with Gasteiger partial charge in [0.05, 0.1) is 11.4 Å². The molecule has 0 unspecified atom stereocenters. The summed E-state index contributed by atoms with van der Waals surface area (Å²) in [5.41, 5.74) is 14.3. The van der Waals surface area contributed by atoms with E-state index >= 15 is 0 Å². The Morgan fingerprint density at radius 3 is 1.00 bits per heavy atom. The van der Waals surface area contributed by atoms with E-state index in [1.54, 1.807) is 0 Å². The van der Waals surface area contributed by atoms with E-state index in [1.165, 1.54) is 27.8 Å². The summed E-state index contributed by atoms with van der Waals surface area (Å²) in [6, 6.07) is 68.1. The Kier molecular flexibility index (Phi) is 7.96. The van der Waals surface area contributed by atoms with Gasteiger partial charge in [0.1, 0.15) is 0 Å². The molecule has 0 bridgehead atoms. The van der Waals surface area contributed by atoms with Gasteiger partial charge in [-0.25, -0.2) is 9.97 Å². The minimum absolute atomic E-state index is 0.701. The number of rotatable bonds is 7. The SMILES string of the molecule is c1ccc(-c2ccc(-c3cccc(-c4cc(-c5ccccc5)nc(-c5cccc(-c6ccc(-c7ccccc7)cc6)c5)n4)c3)cc2)cc1. The van der Waals surface area contributed by atoms with Gasteiger partial charge in [-0.15, -0.1) is 0 Å². The van der Waals surface area contributed by atoms with E-state index in [1.807, 2.05) is 18.2 Å². The van der Waals surface area contributed by atoms with Crippen molar-refractivity contribution in [1.82, 2.24) is 9.97 Å². The van der Waals surface area contributed by atoms with Gasteiger partial charge in [0, 0.05) is 16.7 Å². The maximum atomic E-state index is 5.17. The largest absolute Gasteiger partial charge is 0.228 e. The first-order valence-corrected chi connectivity index (χ1v) is 16.2. The van der Waals surface area contributed by atoms with E-state index in [9.17, 15) is 0 Å². The minimum Gasteiger partial charge on any atom is -0.228 e. The lowest BCUT2D eigenvalue weighted by molar-refractivity contribution is 1.18. The fraction of sp³-hybridized carbons (Fsp3) is 0. The lowest BCUT2D eigenvalue weighted by Crippen LogP contribution is -1.96. The molecule has 7 aromatic carbocycles. The maximum Gasteiger partial charge on any atom is 0.160 e. The standard InChI is InChI=1S/C46H32N2/c1-4-12-33(13-5-1)35-22-26-37(27-23-35)40-18-10-20-42(30-40)45-32-44(39-16-8-3-9-17-39)47-46(48-45)43-21-11-19-41(31-43)38-28-24-36(25-29-38)34-14-6-2-7-15-34/h1-32H. The molecule has 0 spiro atoms. The fourth-order valence-corrected chi connectivity index (χ4v) is 6.15. The molecule has 226 valence electrons. The molecule has 2 heteroatoms. The lowest BCUT2D eigenvalue weighted by Gasteiger charge is -2.12. The lowest BCUT2D eigenvalue weighted by atomic mass is 9.98. The van der Waals surface area contributed by atoms with E-state index in [2.05, 4.69) is 176 Å². The third-order valence-corrected chi connectivity index (χ3v) is 8.73. The van der Waals surface area contributed by atoms with Crippen molar-refractivity contribution < 1.29 is 0 Å². The molecule has 1 heterocycles. The second kappa shape index (κ2) is 13.2. The van der Waals surface area contributed by atoms with Crippen LogP contribution in [0.15, 0.2) is 194 Å². The van der Waals surface area contributed by atoms with Crippen molar-refractivity contribution >= 4 is 0 Å². The van der Waals surface area contributed by atoms with Crippen molar-refractivity contribution in [2.75, 3.05) is 0 Å². The molecule has 0 N–H and O–H groups in total. The van der Waals surface area contributed by atoms with E-state index in [0.29, 0.717) is 5.82 Å². The molecular weight excluding hydrogens is 581 g/mol. The van der Waals surface area contributed by atoms with Gasteiger partial charge in [0.15, 0.2) is 5.82 Å². The van der Waals surface area contributed by atoms with E-state index in [4.69, 9.17) is 9.97 Å². The Morgan fingerprint density at radius 2 is 0.521 bits per heavy atom. The number of hydrogen-bond donors (Lipinski definition) is 0. The zero-order valence-electron chi connectivity index (χ0n) is 26.4. The molecule has 0 radical (unpaired) electrons. The van der Waals surface area contributed by atoms with Crippen LogP contribution in [0.4, 0.5) is 0 Å². The Balaban J connectivity index is 1.16. The Bertz CT molecular complexity index is 2150. The van der Waals surface area contributed by atoms with Crippen molar-refractivity contribution in [3.05, 3.63) is 194 Å². The third kappa shape index (κ3) is 6.20. The Morgan fingerprint density at radius 1 is 0.208 bits per heavy atom. The zero-order valence-corrected chi connectivity index (χ0v) is 26.4. The van der Waals surface area contributed by atoms with E-state index < -0.39 is 0 Å². The topological polar surface area (TPSA) is 25.8 Å². The van der Waals surface area contributed by atoms with Crippen LogP contribution in [0.1, 0.15) is 0 Å². The summed E-state index contributed by atoms with van der Waals surface area (Å²) in [7, 11) is 0. The van der Waals surface area contributed by atoms with Gasteiger partial charge >= 0.3 is 0 Å². The number of nitrogens with zero attached hydrogens (tertiary/aromatic N) is 2. The highest BCUT2D eigenvalue weighted by molar-refractivity contribution is 5.78. The molecule has 48 heavy (non-hydrogen) atoms. The van der Waals surface area contributed by atoms with Crippen molar-refractivity contribution in [2.45, 2.75) is 0 Å². The molecule has 2 nitrogen and oxygen atoms in total. The van der Waals surface area contributed by atoms with Gasteiger partial charge in [0.2, 0.25) is 0 Å². The summed E-state index contributed by atoms with van der Waals surface area (Å²) in [6.07, 6.45) is 0. The molecule has 1 aromatic heterocycles. The highest BCUT2D eigenvalue weighted by Gasteiger charge is 2.13. The van der Waals surface area contributed by atoms with Crippen LogP contribution in [0, 0.1) is 0 Å². The maximum absolute atomic E-state index is 5.17. The predicted octanol–water partition coefficient (Wildman–Crippen LogP) is 12.1. The molecular formula is C46H32N2. The average molecular weight is 613 g/mol. The predicted molar refractivity (Wildman–Crippen MR) is 200 cm³/mol. The molecule has 0 aliphatic rings. The summed E-state index contributed by atoms with van der Waals surface area (Å²) < 4.78 is 0. The molecule has 0 atom stereocenters. The van der Waals surface area contributed by atoms with Crippen LogP contribution in [-0.4, -0.2) is 9.97 Å². The molecule has 0 fully saturated rings. The fourth-order valence-electron chi connectivity index (χ4n) is 6.15. The van der Waals surface area contributed by atoms with Gasteiger partial charge in [-0.1, -0.05) is 176 Å². The highest BCUT2D eigenvalue weighted by atomic mass is 14.9. The molecule has 0 aliphatic heterocycles. The number of benzene rings is 7. The van der Waals surface area contributed by atoms with E-state index in [-0.39, 0.29) is 0 Å². The Hall–Kier alpha value is -6.38. The highest BCUT2D eigenvalue weighted by Crippen LogP contribution is 2.33. The monoisotopic (exact) mass is 612 g/mol. The van der Waals surface area contributed by atoms with Gasteiger partial charge < -0.3 is 0 Å². The van der Waals surface area contributed by atoms with Crippen LogP contribution in [0.5, 0.6) is 0 Å². The normalized spacial score (nSPS) is 10.9. The first-order chi connectivity index (χ1) is 23.8. The van der Waals surface area contributed by atoms with Crippen LogP contribution >= 0.6 is 0 Å². The summed E-state index contributed by atoms with van der Waals surface area (Å²) in [6.45, 7) is 0. The van der Waals surface area contributed by atoms with Gasteiger partial charge in [-0.05, 0) is 62.7 Å². The van der Waals surface area contributed by atoms with Crippen molar-refractivity contribution in [2.24, 2.45) is 0 Å². The summed E-state index contributed by atoms with van der Waals surface area (Å²) in [5.74, 6) is 0.701. The molecule has 0 saturated heterocycles. The van der Waals surface area contributed by atoms with Crippen molar-refractivity contribution in [3.63, 3.8) is 0 Å². The summed E-state index contributed by atoms with van der Waals surface area (Å²) >= 11 is 0. The second-order valence-electron chi connectivity index (χ2n) is 11.9. The number of hydrogen-bond acceptors (Lipinski definition) is 2. The molecule has 8 rings (SSSR count). The minimum atomic E-state index is 0.701. The van der Waals surface area contributed by atoms with Gasteiger partial charge in [-0.2, -0.15) is 0 Å².